The summed E-state index contributed by atoms with van der Waals surface area (Å²) in [6.45, 7) is 9.62. The molecule has 0 rings (SSSR count). The van der Waals surface area contributed by atoms with Crippen LogP contribution in [0.5, 0.6) is 0 Å². The van der Waals surface area contributed by atoms with E-state index < -0.39 is 5.60 Å². The van der Waals surface area contributed by atoms with Gasteiger partial charge in [-0.2, -0.15) is 0 Å². The van der Waals surface area contributed by atoms with E-state index in [1.807, 2.05) is 39.8 Å². The van der Waals surface area contributed by atoms with Crippen molar-refractivity contribution in [1.82, 2.24) is 4.90 Å². The number of carbonyl (C=O) groups excluding carboxylic acids is 1. The summed E-state index contributed by atoms with van der Waals surface area (Å²) in [4.78, 5) is 13.7. The molecule has 0 spiro atoms. The predicted octanol–water partition coefficient (Wildman–Crippen LogP) is 3.23. The third-order valence-electron chi connectivity index (χ3n) is 2.23. The van der Waals surface area contributed by atoms with E-state index in [2.05, 4.69) is 0 Å². The van der Waals surface area contributed by atoms with Crippen LogP contribution in [-0.2, 0) is 9.47 Å². The smallest absolute Gasteiger partial charge is 0.410 e. The third kappa shape index (κ3) is 9.05. The fourth-order valence-electron chi connectivity index (χ4n) is 1.42. The van der Waals surface area contributed by atoms with Crippen molar-refractivity contribution in [2.45, 2.75) is 46.1 Å². The molecule has 0 bridgehead atoms. The van der Waals surface area contributed by atoms with E-state index in [0.29, 0.717) is 19.7 Å². The summed E-state index contributed by atoms with van der Waals surface area (Å²) in [5, 5.41) is 0. The summed E-state index contributed by atoms with van der Waals surface area (Å²) in [5.41, 5.74) is -0.447. The minimum atomic E-state index is -0.447. The molecule has 0 aliphatic heterocycles. The van der Waals surface area contributed by atoms with Crippen LogP contribution in [0, 0.1) is 0 Å². The largest absolute Gasteiger partial charge is 0.444 e. The second-order valence-electron chi connectivity index (χ2n) is 5.17. The van der Waals surface area contributed by atoms with Gasteiger partial charge in [0.15, 0.2) is 0 Å². The van der Waals surface area contributed by atoms with Crippen molar-refractivity contribution in [2.75, 3.05) is 26.8 Å². The predicted molar refractivity (Wildman–Crippen MR) is 73.7 cm³/mol. The zero-order chi connectivity index (χ0) is 14.0. The van der Waals surface area contributed by atoms with Crippen LogP contribution < -0.4 is 0 Å². The highest BCUT2D eigenvalue weighted by molar-refractivity contribution is 5.68. The summed E-state index contributed by atoms with van der Waals surface area (Å²) in [7, 11) is 1.66. The molecular weight excluding hydrogens is 230 g/mol. The Bertz CT molecular complexity index is 256. The van der Waals surface area contributed by atoms with Crippen molar-refractivity contribution in [3.8, 4) is 0 Å². The Morgan fingerprint density at radius 2 is 1.94 bits per heavy atom. The molecule has 0 radical (unpaired) electrons. The molecule has 0 saturated heterocycles. The van der Waals surface area contributed by atoms with Gasteiger partial charge in [0.25, 0.3) is 0 Å². The van der Waals surface area contributed by atoms with Gasteiger partial charge in [0.1, 0.15) is 5.60 Å². The number of hydrogen-bond acceptors (Lipinski definition) is 3. The molecule has 0 aromatic carbocycles. The fourth-order valence-corrected chi connectivity index (χ4v) is 1.42. The molecule has 0 fully saturated rings. The highest BCUT2D eigenvalue weighted by atomic mass is 16.6. The quantitative estimate of drug-likeness (QED) is 0.519. The monoisotopic (exact) mass is 257 g/mol. The van der Waals surface area contributed by atoms with E-state index in [0.717, 1.165) is 12.8 Å². The van der Waals surface area contributed by atoms with Crippen molar-refractivity contribution in [3.63, 3.8) is 0 Å². The molecule has 18 heavy (non-hydrogen) atoms. The van der Waals surface area contributed by atoms with E-state index in [9.17, 15) is 4.79 Å². The molecule has 0 atom stereocenters. The lowest BCUT2D eigenvalue weighted by atomic mass is 10.2. The van der Waals surface area contributed by atoms with E-state index in [-0.39, 0.29) is 6.09 Å². The molecule has 0 N–H and O–H groups in total. The van der Waals surface area contributed by atoms with Crippen LogP contribution in [0.25, 0.3) is 0 Å². The molecule has 0 saturated carbocycles. The highest BCUT2D eigenvalue weighted by Crippen LogP contribution is 2.10. The molecular formula is C14H27NO3. The number of allylic oxidation sites excluding steroid dienone is 1. The Morgan fingerprint density at radius 1 is 1.28 bits per heavy atom. The number of ether oxygens (including phenoxy) is 2. The maximum absolute atomic E-state index is 12.0. The van der Waals surface area contributed by atoms with Crippen molar-refractivity contribution in [2.24, 2.45) is 0 Å². The Morgan fingerprint density at radius 3 is 2.44 bits per heavy atom. The average molecular weight is 257 g/mol. The van der Waals surface area contributed by atoms with Crippen molar-refractivity contribution in [1.29, 1.82) is 0 Å². The van der Waals surface area contributed by atoms with Crippen molar-refractivity contribution in [3.05, 3.63) is 12.2 Å². The van der Waals surface area contributed by atoms with Gasteiger partial charge in [-0.25, -0.2) is 4.79 Å². The van der Waals surface area contributed by atoms with Gasteiger partial charge in [0.05, 0.1) is 0 Å². The maximum Gasteiger partial charge on any atom is 0.410 e. The fraction of sp³-hybridized carbons (Fsp3) is 0.786. The first-order chi connectivity index (χ1) is 8.40. The topological polar surface area (TPSA) is 38.8 Å². The molecule has 1 amide bonds. The second-order valence-corrected chi connectivity index (χ2v) is 5.17. The zero-order valence-corrected chi connectivity index (χ0v) is 12.4. The van der Waals surface area contributed by atoms with E-state index in [1.54, 1.807) is 12.0 Å². The zero-order valence-electron chi connectivity index (χ0n) is 12.4. The number of methoxy groups -OCH3 is 1. The third-order valence-corrected chi connectivity index (χ3v) is 2.23. The maximum atomic E-state index is 12.0. The number of nitrogens with zero attached hydrogens (tertiary/aromatic N) is 1. The lowest BCUT2D eigenvalue weighted by molar-refractivity contribution is 0.0239. The Balaban J connectivity index is 4.29. The van der Waals surface area contributed by atoms with Gasteiger partial charge >= 0.3 is 6.09 Å². The molecule has 0 unspecified atom stereocenters. The van der Waals surface area contributed by atoms with Gasteiger partial charge in [0, 0.05) is 26.8 Å². The summed E-state index contributed by atoms with van der Waals surface area (Å²) in [5.74, 6) is 0. The Kier molecular flexibility index (Phi) is 8.46. The van der Waals surface area contributed by atoms with E-state index >= 15 is 0 Å². The SMILES string of the molecule is C/C=C\CCN(CCCOC)C(=O)OC(C)(C)C. The first-order valence-corrected chi connectivity index (χ1v) is 6.48. The number of hydrogen-bond donors (Lipinski definition) is 0. The van der Waals surface area contributed by atoms with Gasteiger partial charge < -0.3 is 14.4 Å². The standard InChI is InChI=1S/C14H27NO3/c1-6-7-8-10-15(11-9-12-17-5)13(16)18-14(2,3)4/h6-7H,8-12H2,1-5H3/b7-6-. The van der Waals surface area contributed by atoms with Crippen LogP contribution in [0.4, 0.5) is 4.79 Å². The van der Waals surface area contributed by atoms with Gasteiger partial charge in [0.2, 0.25) is 0 Å². The molecule has 0 aliphatic rings. The molecule has 0 aliphatic carbocycles. The Labute approximate surface area is 111 Å². The molecule has 4 nitrogen and oxygen atoms in total. The van der Waals surface area contributed by atoms with Gasteiger partial charge in [-0.3, -0.25) is 0 Å². The van der Waals surface area contributed by atoms with E-state index in [1.165, 1.54) is 0 Å². The lowest BCUT2D eigenvalue weighted by Gasteiger charge is -2.27. The average Bonchev–Trinajstić information content (AvgIpc) is 2.25. The summed E-state index contributed by atoms with van der Waals surface area (Å²) >= 11 is 0. The first-order valence-electron chi connectivity index (χ1n) is 6.48. The lowest BCUT2D eigenvalue weighted by Crippen LogP contribution is -2.38. The van der Waals surface area contributed by atoms with Crippen LogP contribution in [0.2, 0.25) is 0 Å². The molecule has 0 heterocycles. The van der Waals surface area contributed by atoms with Crippen LogP contribution in [0.3, 0.4) is 0 Å². The minimum Gasteiger partial charge on any atom is -0.444 e. The van der Waals surface area contributed by atoms with E-state index in [4.69, 9.17) is 9.47 Å². The summed E-state index contributed by atoms with van der Waals surface area (Å²) in [6, 6.07) is 0. The van der Waals surface area contributed by atoms with Gasteiger partial charge in [-0.15, -0.1) is 0 Å². The number of carbonyl (C=O) groups is 1. The molecule has 0 aromatic rings. The van der Waals surface area contributed by atoms with Crippen molar-refractivity contribution < 1.29 is 14.3 Å². The summed E-state index contributed by atoms with van der Waals surface area (Å²) in [6.07, 6.45) is 5.47. The minimum absolute atomic E-state index is 0.247. The number of rotatable bonds is 7. The van der Waals surface area contributed by atoms with Gasteiger partial charge in [-0.05, 0) is 40.5 Å². The normalized spacial score (nSPS) is 11.8. The molecule has 4 heteroatoms. The van der Waals surface area contributed by atoms with Gasteiger partial charge in [-0.1, -0.05) is 12.2 Å². The second kappa shape index (κ2) is 8.97. The van der Waals surface area contributed by atoms with Crippen molar-refractivity contribution >= 4 is 6.09 Å². The highest BCUT2D eigenvalue weighted by Gasteiger charge is 2.21. The molecule has 106 valence electrons. The number of amides is 1. The van der Waals surface area contributed by atoms with Crippen LogP contribution in [-0.4, -0.2) is 43.4 Å². The van der Waals surface area contributed by atoms with Crippen LogP contribution in [0.1, 0.15) is 40.5 Å². The van der Waals surface area contributed by atoms with Crippen LogP contribution >= 0.6 is 0 Å². The molecule has 0 aromatic heterocycles. The first kappa shape index (κ1) is 17.0. The Hall–Kier alpha value is -1.03. The summed E-state index contributed by atoms with van der Waals surface area (Å²) < 4.78 is 10.4. The van der Waals surface area contributed by atoms with Crippen LogP contribution in [0.15, 0.2) is 12.2 Å².